The highest BCUT2D eigenvalue weighted by atomic mass is 16.5. The number of hydrogen-bond acceptors (Lipinski definition) is 4. The number of piperidine rings is 1. The number of aliphatic hydroxyl groups is 1. The first kappa shape index (κ1) is 12.3. The number of β-amino-alcohol motifs (C(OH)–C–C–N with tert-alkyl or cyclic N) is 1. The van der Waals surface area contributed by atoms with Crippen molar-refractivity contribution in [3.8, 4) is 0 Å². The van der Waals surface area contributed by atoms with Crippen molar-refractivity contribution in [1.82, 2.24) is 10.2 Å². The van der Waals surface area contributed by atoms with Crippen LogP contribution in [0.3, 0.4) is 0 Å². The Morgan fingerprint density at radius 3 is 2.56 bits per heavy atom. The van der Waals surface area contributed by atoms with E-state index < -0.39 is 5.60 Å². The first-order valence-electron chi connectivity index (χ1n) is 6.38. The van der Waals surface area contributed by atoms with Crippen molar-refractivity contribution in [3.63, 3.8) is 0 Å². The van der Waals surface area contributed by atoms with Gasteiger partial charge < -0.3 is 15.2 Å². The van der Waals surface area contributed by atoms with E-state index in [1.807, 2.05) is 0 Å². The lowest BCUT2D eigenvalue weighted by molar-refractivity contribution is -0.111. The summed E-state index contributed by atoms with van der Waals surface area (Å²) in [6, 6.07) is 0. The molecule has 94 valence electrons. The highest BCUT2D eigenvalue weighted by Crippen LogP contribution is 2.23. The van der Waals surface area contributed by atoms with E-state index in [2.05, 4.69) is 24.1 Å². The quantitative estimate of drug-likeness (QED) is 0.722. The molecule has 0 radical (unpaired) electrons. The summed E-state index contributed by atoms with van der Waals surface area (Å²) in [6.07, 6.45) is 2.44. The Labute approximate surface area is 98.0 Å². The van der Waals surface area contributed by atoms with Crippen LogP contribution < -0.4 is 5.32 Å². The lowest BCUT2D eigenvalue weighted by Crippen LogP contribution is -2.59. The van der Waals surface area contributed by atoms with Crippen LogP contribution in [0.5, 0.6) is 0 Å². The van der Waals surface area contributed by atoms with Crippen LogP contribution in [0.2, 0.25) is 0 Å². The highest BCUT2D eigenvalue weighted by Gasteiger charge is 2.36. The normalized spacial score (nSPS) is 27.0. The summed E-state index contributed by atoms with van der Waals surface area (Å²) in [5.41, 5.74) is -0.464. The van der Waals surface area contributed by atoms with Gasteiger partial charge in [0.25, 0.3) is 0 Å². The van der Waals surface area contributed by atoms with Crippen molar-refractivity contribution in [2.24, 2.45) is 0 Å². The van der Waals surface area contributed by atoms with Crippen LogP contribution in [-0.2, 0) is 4.74 Å². The second-order valence-corrected chi connectivity index (χ2v) is 5.48. The van der Waals surface area contributed by atoms with E-state index in [0.29, 0.717) is 12.2 Å². The summed E-state index contributed by atoms with van der Waals surface area (Å²) in [5, 5.41) is 13.6. The van der Waals surface area contributed by atoms with Gasteiger partial charge in [-0.05, 0) is 39.8 Å². The summed E-state index contributed by atoms with van der Waals surface area (Å²) >= 11 is 0. The van der Waals surface area contributed by atoms with Gasteiger partial charge in [-0.1, -0.05) is 0 Å². The number of likely N-dealkylation sites (tertiary alicyclic amines) is 1. The molecule has 0 aromatic carbocycles. The zero-order chi connectivity index (χ0) is 11.6. The standard InChI is InChI=1S/C12H24N2O2/c1-10(2)16-11-7-14(8-11)9-12(15)3-5-13-6-4-12/h10-11,13,15H,3-9H2,1-2H3. The molecule has 0 amide bonds. The predicted octanol–water partition coefficient (Wildman–Crippen LogP) is 0.210. The van der Waals surface area contributed by atoms with Gasteiger partial charge in [0.1, 0.15) is 0 Å². The molecular weight excluding hydrogens is 204 g/mol. The van der Waals surface area contributed by atoms with Crippen LogP contribution in [0.15, 0.2) is 0 Å². The summed E-state index contributed by atoms with van der Waals surface area (Å²) in [6.45, 7) is 8.80. The van der Waals surface area contributed by atoms with E-state index in [-0.39, 0.29) is 0 Å². The average Bonchev–Trinajstić information content (AvgIpc) is 2.14. The van der Waals surface area contributed by atoms with E-state index in [4.69, 9.17) is 4.74 Å². The van der Waals surface area contributed by atoms with Crippen molar-refractivity contribution in [1.29, 1.82) is 0 Å². The lowest BCUT2D eigenvalue weighted by Gasteiger charge is -2.45. The van der Waals surface area contributed by atoms with Gasteiger partial charge in [0.15, 0.2) is 0 Å². The monoisotopic (exact) mass is 228 g/mol. The number of rotatable bonds is 4. The van der Waals surface area contributed by atoms with Gasteiger partial charge in [-0.15, -0.1) is 0 Å². The molecular formula is C12H24N2O2. The second kappa shape index (κ2) is 5.00. The molecule has 0 spiro atoms. The average molecular weight is 228 g/mol. The molecule has 0 atom stereocenters. The molecule has 0 unspecified atom stereocenters. The van der Waals surface area contributed by atoms with Gasteiger partial charge in [-0.25, -0.2) is 0 Å². The van der Waals surface area contributed by atoms with Crippen LogP contribution in [-0.4, -0.2) is 60.5 Å². The maximum absolute atomic E-state index is 10.4. The van der Waals surface area contributed by atoms with Crippen molar-refractivity contribution in [3.05, 3.63) is 0 Å². The van der Waals surface area contributed by atoms with Gasteiger partial charge in [0, 0.05) is 19.6 Å². The Bertz CT molecular complexity index is 221. The third kappa shape index (κ3) is 3.17. The molecule has 2 aliphatic heterocycles. The summed E-state index contributed by atoms with van der Waals surface area (Å²) in [7, 11) is 0. The number of nitrogens with one attached hydrogen (secondary N) is 1. The number of hydrogen-bond donors (Lipinski definition) is 2. The number of nitrogens with zero attached hydrogens (tertiary/aromatic N) is 1. The fraction of sp³-hybridized carbons (Fsp3) is 1.00. The van der Waals surface area contributed by atoms with Gasteiger partial charge in [0.05, 0.1) is 17.8 Å². The van der Waals surface area contributed by atoms with E-state index in [1.165, 1.54) is 0 Å². The molecule has 2 aliphatic rings. The summed E-state index contributed by atoms with van der Waals surface area (Å²) < 4.78 is 5.70. The van der Waals surface area contributed by atoms with E-state index in [9.17, 15) is 5.11 Å². The van der Waals surface area contributed by atoms with Crippen molar-refractivity contribution in [2.45, 2.75) is 44.5 Å². The first-order valence-corrected chi connectivity index (χ1v) is 6.38. The molecule has 4 nitrogen and oxygen atoms in total. The van der Waals surface area contributed by atoms with E-state index in [1.54, 1.807) is 0 Å². The molecule has 2 N–H and O–H groups in total. The zero-order valence-corrected chi connectivity index (χ0v) is 10.4. The highest BCUT2D eigenvalue weighted by molar-refractivity contribution is 4.92. The third-order valence-corrected chi connectivity index (χ3v) is 3.44. The van der Waals surface area contributed by atoms with Crippen LogP contribution in [0, 0.1) is 0 Å². The van der Waals surface area contributed by atoms with Gasteiger partial charge >= 0.3 is 0 Å². The van der Waals surface area contributed by atoms with E-state index in [0.717, 1.165) is 45.6 Å². The largest absolute Gasteiger partial charge is 0.388 e. The Morgan fingerprint density at radius 2 is 2.00 bits per heavy atom. The minimum atomic E-state index is -0.464. The lowest BCUT2D eigenvalue weighted by atomic mass is 9.90. The molecule has 4 heteroatoms. The van der Waals surface area contributed by atoms with Crippen LogP contribution >= 0.6 is 0 Å². The van der Waals surface area contributed by atoms with E-state index >= 15 is 0 Å². The molecule has 0 aliphatic carbocycles. The Morgan fingerprint density at radius 1 is 1.38 bits per heavy atom. The Kier molecular flexibility index (Phi) is 3.85. The molecule has 2 heterocycles. The molecule has 2 fully saturated rings. The maximum Gasteiger partial charge on any atom is 0.0832 e. The zero-order valence-electron chi connectivity index (χ0n) is 10.4. The fourth-order valence-electron chi connectivity index (χ4n) is 2.59. The molecule has 0 aromatic rings. The van der Waals surface area contributed by atoms with Crippen LogP contribution in [0.4, 0.5) is 0 Å². The minimum Gasteiger partial charge on any atom is -0.388 e. The molecule has 0 aromatic heterocycles. The molecule has 2 rings (SSSR count). The molecule has 0 saturated carbocycles. The maximum atomic E-state index is 10.4. The molecule has 2 saturated heterocycles. The van der Waals surface area contributed by atoms with Gasteiger partial charge in [-0.2, -0.15) is 0 Å². The SMILES string of the molecule is CC(C)OC1CN(CC2(O)CCNCC2)C1. The molecule has 0 bridgehead atoms. The van der Waals surface area contributed by atoms with Crippen molar-refractivity contribution < 1.29 is 9.84 Å². The van der Waals surface area contributed by atoms with Gasteiger partial charge in [-0.3, -0.25) is 4.90 Å². The second-order valence-electron chi connectivity index (χ2n) is 5.48. The van der Waals surface area contributed by atoms with Crippen molar-refractivity contribution in [2.75, 3.05) is 32.7 Å². The molecule has 16 heavy (non-hydrogen) atoms. The summed E-state index contributed by atoms with van der Waals surface area (Å²) in [5.74, 6) is 0. The van der Waals surface area contributed by atoms with Crippen molar-refractivity contribution >= 4 is 0 Å². The summed E-state index contributed by atoms with van der Waals surface area (Å²) in [4.78, 5) is 2.30. The first-order chi connectivity index (χ1) is 7.57. The number of ether oxygens (including phenoxy) is 1. The Hall–Kier alpha value is -0.160. The Balaban J connectivity index is 1.68. The minimum absolute atomic E-state index is 0.314. The topological polar surface area (TPSA) is 44.7 Å². The fourth-order valence-corrected chi connectivity index (χ4v) is 2.59. The van der Waals surface area contributed by atoms with Gasteiger partial charge in [0.2, 0.25) is 0 Å². The predicted molar refractivity (Wildman–Crippen MR) is 63.5 cm³/mol. The smallest absolute Gasteiger partial charge is 0.0832 e. The van der Waals surface area contributed by atoms with Crippen LogP contribution in [0.1, 0.15) is 26.7 Å². The van der Waals surface area contributed by atoms with Crippen LogP contribution in [0.25, 0.3) is 0 Å². The third-order valence-electron chi connectivity index (χ3n) is 3.44.